The molecule has 0 radical (unpaired) electrons. The number of halogens is 1. The van der Waals surface area contributed by atoms with Gasteiger partial charge in [-0.3, -0.25) is 0 Å². The summed E-state index contributed by atoms with van der Waals surface area (Å²) in [6.07, 6.45) is 1.88. The predicted octanol–water partition coefficient (Wildman–Crippen LogP) is 4.52. The van der Waals surface area contributed by atoms with Gasteiger partial charge in [0.25, 0.3) is 0 Å². The van der Waals surface area contributed by atoms with Crippen molar-refractivity contribution in [1.29, 1.82) is 0 Å². The van der Waals surface area contributed by atoms with Gasteiger partial charge in [-0.15, -0.1) is 0 Å². The summed E-state index contributed by atoms with van der Waals surface area (Å²) in [5.41, 5.74) is 7.19. The number of hydrogen-bond donors (Lipinski definition) is 1. The van der Waals surface area contributed by atoms with Crippen LogP contribution >= 0.6 is 15.9 Å². The molecule has 0 aliphatic heterocycles. The molecular formula is C16H18BrNO. The van der Waals surface area contributed by atoms with E-state index >= 15 is 0 Å². The normalized spacial score (nSPS) is 12.2. The van der Waals surface area contributed by atoms with E-state index in [4.69, 9.17) is 10.5 Å². The summed E-state index contributed by atoms with van der Waals surface area (Å²) < 4.78 is 6.77. The fourth-order valence-electron chi connectivity index (χ4n) is 1.82. The largest absolute Gasteiger partial charge is 0.456 e. The minimum atomic E-state index is 0.216. The second kappa shape index (κ2) is 6.73. The van der Waals surface area contributed by atoms with Gasteiger partial charge in [0.05, 0.1) is 4.47 Å². The molecular weight excluding hydrogens is 302 g/mol. The summed E-state index contributed by atoms with van der Waals surface area (Å²) in [5, 5.41) is 0. The lowest BCUT2D eigenvalue weighted by Crippen LogP contribution is -2.21. The fourth-order valence-corrected chi connectivity index (χ4v) is 2.32. The van der Waals surface area contributed by atoms with E-state index in [0.717, 1.165) is 28.8 Å². The van der Waals surface area contributed by atoms with Crippen LogP contribution in [0.4, 0.5) is 0 Å². The molecule has 0 saturated carbocycles. The lowest BCUT2D eigenvalue weighted by atomic mass is 10.0. The summed E-state index contributed by atoms with van der Waals surface area (Å²) in [7, 11) is 0. The highest BCUT2D eigenvalue weighted by Crippen LogP contribution is 2.30. The Kier molecular flexibility index (Phi) is 5.00. The zero-order chi connectivity index (χ0) is 13.7. The van der Waals surface area contributed by atoms with E-state index in [1.54, 1.807) is 0 Å². The van der Waals surface area contributed by atoms with Crippen molar-refractivity contribution >= 4 is 15.9 Å². The van der Waals surface area contributed by atoms with E-state index in [9.17, 15) is 0 Å². The Morgan fingerprint density at radius 1 is 1.16 bits per heavy atom. The molecule has 2 rings (SSSR count). The second-order valence-corrected chi connectivity index (χ2v) is 5.41. The molecule has 3 heteroatoms. The molecule has 100 valence electrons. The summed E-state index contributed by atoms with van der Waals surface area (Å²) in [6.45, 7) is 2.10. The van der Waals surface area contributed by atoms with Crippen molar-refractivity contribution < 1.29 is 4.74 Å². The second-order valence-electron chi connectivity index (χ2n) is 4.55. The first-order chi connectivity index (χ1) is 9.19. The van der Waals surface area contributed by atoms with E-state index < -0.39 is 0 Å². The SMILES string of the molecule is CCC(N)Cc1ccc(Oc2ccccc2)c(Br)c1. The highest BCUT2D eigenvalue weighted by molar-refractivity contribution is 9.10. The molecule has 0 amide bonds. The van der Waals surface area contributed by atoms with Crippen LogP contribution in [-0.2, 0) is 6.42 Å². The van der Waals surface area contributed by atoms with Gasteiger partial charge in [-0.1, -0.05) is 31.2 Å². The summed E-state index contributed by atoms with van der Waals surface area (Å²) in [4.78, 5) is 0. The summed E-state index contributed by atoms with van der Waals surface area (Å²) in [5.74, 6) is 1.65. The van der Waals surface area contributed by atoms with Crippen LogP contribution in [0.25, 0.3) is 0 Å². The lowest BCUT2D eigenvalue weighted by Gasteiger charge is -2.12. The minimum Gasteiger partial charge on any atom is -0.456 e. The third kappa shape index (κ3) is 4.08. The Morgan fingerprint density at radius 3 is 2.53 bits per heavy atom. The number of benzene rings is 2. The highest BCUT2D eigenvalue weighted by Gasteiger charge is 2.06. The van der Waals surface area contributed by atoms with Crippen LogP contribution in [-0.4, -0.2) is 6.04 Å². The predicted molar refractivity (Wildman–Crippen MR) is 82.6 cm³/mol. The van der Waals surface area contributed by atoms with Gasteiger partial charge in [0, 0.05) is 6.04 Å². The van der Waals surface area contributed by atoms with Crippen molar-refractivity contribution in [2.24, 2.45) is 5.73 Å². The summed E-state index contributed by atoms with van der Waals surface area (Å²) in [6, 6.07) is 16.1. The van der Waals surface area contributed by atoms with Gasteiger partial charge < -0.3 is 10.5 Å². The van der Waals surface area contributed by atoms with E-state index in [2.05, 4.69) is 35.0 Å². The Bertz CT molecular complexity index is 528. The quantitative estimate of drug-likeness (QED) is 0.879. The van der Waals surface area contributed by atoms with Crippen LogP contribution in [0, 0.1) is 0 Å². The molecule has 0 aliphatic rings. The molecule has 19 heavy (non-hydrogen) atoms. The maximum atomic E-state index is 5.97. The van der Waals surface area contributed by atoms with Gasteiger partial charge in [-0.2, -0.15) is 0 Å². The first-order valence-electron chi connectivity index (χ1n) is 6.46. The number of nitrogens with two attached hydrogens (primary N) is 1. The van der Waals surface area contributed by atoms with Crippen LogP contribution in [0.5, 0.6) is 11.5 Å². The average Bonchev–Trinajstić information content (AvgIpc) is 2.43. The molecule has 0 heterocycles. The topological polar surface area (TPSA) is 35.2 Å². The monoisotopic (exact) mass is 319 g/mol. The van der Waals surface area contributed by atoms with Crippen molar-refractivity contribution in [3.63, 3.8) is 0 Å². The van der Waals surface area contributed by atoms with Gasteiger partial charge in [0.1, 0.15) is 11.5 Å². The van der Waals surface area contributed by atoms with Crippen LogP contribution < -0.4 is 10.5 Å². The van der Waals surface area contributed by atoms with Crippen LogP contribution in [0.15, 0.2) is 53.0 Å². The van der Waals surface area contributed by atoms with Crippen molar-refractivity contribution in [1.82, 2.24) is 0 Å². The molecule has 1 unspecified atom stereocenters. The Labute approximate surface area is 122 Å². The molecule has 0 fully saturated rings. The zero-order valence-electron chi connectivity index (χ0n) is 11.0. The molecule has 2 aromatic carbocycles. The van der Waals surface area contributed by atoms with Crippen molar-refractivity contribution in [2.75, 3.05) is 0 Å². The third-order valence-corrected chi connectivity index (χ3v) is 3.61. The van der Waals surface area contributed by atoms with Crippen LogP contribution in [0.2, 0.25) is 0 Å². The number of para-hydroxylation sites is 1. The maximum absolute atomic E-state index is 5.97. The summed E-state index contributed by atoms with van der Waals surface area (Å²) >= 11 is 3.55. The first-order valence-corrected chi connectivity index (χ1v) is 7.25. The van der Waals surface area contributed by atoms with Crippen LogP contribution in [0.1, 0.15) is 18.9 Å². The first kappa shape index (κ1) is 14.1. The van der Waals surface area contributed by atoms with E-state index in [0.29, 0.717) is 0 Å². The molecule has 2 N–H and O–H groups in total. The smallest absolute Gasteiger partial charge is 0.141 e. The molecule has 0 spiro atoms. The number of ether oxygens (including phenoxy) is 1. The zero-order valence-corrected chi connectivity index (χ0v) is 12.6. The Morgan fingerprint density at radius 2 is 1.89 bits per heavy atom. The maximum Gasteiger partial charge on any atom is 0.141 e. The van der Waals surface area contributed by atoms with Gasteiger partial charge in [-0.25, -0.2) is 0 Å². The molecule has 0 aromatic heterocycles. The standard InChI is InChI=1S/C16H18BrNO/c1-2-13(18)10-12-8-9-16(15(17)11-12)19-14-6-4-3-5-7-14/h3-9,11,13H,2,10,18H2,1H3. The average molecular weight is 320 g/mol. The van der Waals surface area contributed by atoms with E-state index in [1.165, 1.54) is 5.56 Å². The molecule has 2 nitrogen and oxygen atoms in total. The molecule has 2 aromatic rings. The highest BCUT2D eigenvalue weighted by atomic mass is 79.9. The van der Waals surface area contributed by atoms with Gasteiger partial charge in [0.15, 0.2) is 0 Å². The van der Waals surface area contributed by atoms with Gasteiger partial charge >= 0.3 is 0 Å². The number of hydrogen-bond acceptors (Lipinski definition) is 2. The minimum absolute atomic E-state index is 0.216. The number of rotatable bonds is 5. The lowest BCUT2D eigenvalue weighted by molar-refractivity contribution is 0.479. The Balaban J connectivity index is 2.11. The fraction of sp³-hybridized carbons (Fsp3) is 0.250. The molecule has 1 atom stereocenters. The van der Waals surface area contributed by atoms with Gasteiger partial charge in [0.2, 0.25) is 0 Å². The molecule has 0 bridgehead atoms. The van der Waals surface area contributed by atoms with Crippen molar-refractivity contribution in [2.45, 2.75) is 25.8 Å². The van der Waals surface area contributed by atoms with Gasteiger partial charge in [-0.05, 0) is 58.6 Å². The molecule has 0 saturated heterocycles. The Hall–Kier alpha value is -1.32. The van der Waals surface area contributed by atoms with Crippen LogP contribution in [0.3, 0.4) is 0 Å². The van der Waals surface area contributed by atoms with E-state index in [-0.39, 0.29) is 6.04 Å². The van der Waals surface area contributed by atoms with E-state index in [1.807, 2.05) is 36.4 Å². The van der Waals surface area contributed by atoms with Crippen molar-refractivity contribution in [3.05, 3.63) is 58.6 Å². The molecule has 0 aliphatic carbocycles. The van der Waals surface area contributed by atoms with Crippen molar-refractivity contribution in [3.8, 4) is 11.5 Å². The third-order valence-electron chi connectivity index (χ3n) is 2.99.